The summed E-state index contributed by atoms with van der Waals surface area (Å²) in [7, 11) is -4.09. The van der Waals surface area contributed by atoms with Crippen LogP contribution in [0.25, 0.3) is 0 Å². The van der Waals surface area contributed by atoms with Gasteiger partial charge >= 0.3 is 6.18 Å². The van der Waals surface area contributed by atoms with Gasteiger partial charge in [-0.1, -0.05) is 29.8 Å². The average molecular weight is 509 g/mol. The molecule has 0 amide bonds. The highest BCUT2D eigenvalue weighted by Gasteiger charge is 2.40. The fourth-order valence-corrected chi connectivity index (χ4v) is 7.51. The Kier molecular flexibility index (Phi) is 6.79. The number of aryl methyl sites for hydroxylation is 3. The van der Waals surface area contributed by atoms with Gasteiger partial charge < -0.3 is 4.90 Å². The molecule has 1 aliphatic rings. The molecule has 0 aliphatic carbocycles. The van der Waals surface area contributed by atoms with Crippen LogP contribution < -0.4 is 4.90 Å². The number of sulfone groups is 1. The van der Waals surface area contributed by atoms with Crippen molar-refractivity contribution in [3.63, 3.8) is 0 Å². The van der Waals surface area contributed by atoms with Crippen LogP contribution in [0.3, 0.4) is 0 Å². The number of aromatic nitrogens is 1. The molecule has 1 fully saturated rings. The maximum Gasteiger partial charge on any atom is 0.417 e. The van der Waals surface area contributed by atoms with Gasteiger partial charge in [-0.3, -0.25) is 0 Å². The van der Waals surface area contributed by atoms with Gasteiger partial charge in [0, 0.05) is 24.9 Å². The Hall–Kier alpha value is -2.39. The van der Waals surface area contributed by atoms with Gasteiger partial charge in [-0.25, -0.2) is 13.4 Å². The van der Waals surface area contributed by atoms with E-state index < -0.39 is 31.7 Å². The van der Waals surface area contributed by atoms with Crippen molar-refractivity contribution in [2.75, 3.05) is 18.0 Å². The maximum absolute atomic E-state index is 13.4. The average Bonchev–Trinajstić information content (AvgIpc) is 3.24. The first-order valence-electron chi connectivity index (χ1n) is 11.1. The lowest BCUT2D eigenvalue weighted by atomic mass is 9.96. The number of halogens is 3. The number of rotatable bonds is 5. The van der Waals surface area contributed by atoms with Crippen molar-refractivity contribution in [1.82, 2.24) is 4.98 Å². The standard InChI is InChI=1S/C25H27F3N2O2S2/c1-16-12-17(2)21(18(3)13-16)14-19-15-33-24(29-19)30-10-8-20(9-11-30)34(31,32)23-7-5-4-6-22(23)25(26,27)28/h4-7,12-13,15,20H,8-11,14H2,1-3H3. The van der Waals surface area contributed by atoms with Crippen molar-refractivity contribution in [2.24, 2.45) is 0 Å². The quantitative estimate of drug-likeness (QED) is 0.417. The van der Waals surface area contributed by atoms with Crippen LogP contribution in [0.2, 0.25) is 0 Å². The molecule has 182 valence electrons. The lowest BCUT2D eigenvalue weighted by Gasteiger charge is -2.31. The van der Waals surface area contributed by atoms with Crippen molar-refractivity contribution in [3.8, 4) is 0 Å². The highest BCUT2D eigenvalue weighted by Crippen LogP contribution is 2.37. The lowest BCUT2D eigenvalue weighted by Crippen LogP contribution is -2.39. The minimum Gasteiger partial charge on any atom is -0.348 e. The van der Waals surface area contributed by atoms with Crippen LogP contribution in [0.5, 0.6) is 0 Å². The molecule has 0 N–H and O–H groups in total. The van der Waals surface area contributed by atoms with Gasteiger partial charge in [0.15, 0.2) is 15.0 Å². The molecule has 34 heavy (non-hydrogen) atoms. The molecule has 2 heterocycles. The molecule has 4 rings (SSSR count). The summed E-state index contributed by atoms with van der Waals surface area (Å²) >= 11 is 1.52. The third-order valence-corrected chi connectivity index (χ3v) is 9.66. The van der Waals surface area contributed by atoms with Crippen molar-refractivity contribution in [1.29, 1.82) is 0 Å². The number of anilines is 1. The van der Waals surface area contributed by atoms with E-state index in [1.54, 1.807) is 0 Å². The second-order valence-electron chi connectivity index (χ2n) is 8.90. The zero-order chi connectivity index (χ0) is 24.7. The van der Waals surface area contributed by atoms with E-state index in [4.69, 9.17) is 4.98 Å². The summed E-state index contributed by atoms with van der Waals surface area (Å²) in [6.07, 6.45) is -3.46. The summed E-state index contributed by atoms with van der Waals surface area (Å²) in [6, 6.07) is 8.77. The Balaban J connectivity index is 1.46. The number of alkyl halides is 3. The number of piperidine rings is 1. The molecule has 0 atom stereocenters. The molecule has 0 radical (unpaired) electrons. The molecular formula is C25H27F3N2O2S2. The van der Waals surface area contributed by atoms with Gasteiger partial charge in [0.2, 0.25) is 0 Å². The zero-order valence-electron chi connectivity index (χ0n) is 19.3. The molecule has 0 saturated carbocycles. The molecule has 9 heteroatoms. The summed E-state index contributed by atoms with van der Waals surface area (Å²) in [5.74, 6) is 0. The predicted octanol–water partition coefficient (Wildman–Crippen LogP) is 6.12. The summed E-state index contributed by atoms with van der Waals surface area (Å²) in [6.45, 7) is 7.16. The van der Waals surface area contributed by atoms with Crippen LogP contribution in [0.4, 0.5) is 18.3 Å². The molecule has 0 spiro atoms. The molecule has 0 bridgehead atoms. The van der Waals surface area contributed by atoms with Crippen LogP contribution >= 0.6 is 11.3 Å². The number of hydrogen-bond donors (Lipinski definition) is 0. The first-order chi connectivity index (χ1) is 16.0. The molecule has 1 aliphatic heterocycles. The Morgan fingerprint density at radius 1 is 1.06 bits per heavy atom. The minimum absolute atomic E-state index is 0.264. The van der Waals surface area contributed by atoms with Crippen molar-refractivity contribution < 1.29 is 21.6 Å². The zero-order valence-corrected chi connectivity index (χ0v) is 20.9. The molecule has 3 aromatic rings. The fourth-order valence-electron chi connectivity index (χ4n) is 4.68. The van der Waals surface area contributed by atoms with E-state index in [0.717, 1.165) is 29.4 Å². The third kappa shape index (κ3) is 5.00. The van der Waals surface area contributed by atoms with E-state index in [1.807, 2.05) is 10.3 Å². The predicted molar refractivity (Wildman–Crippen MR) is 129 cm³/mol. The molecule has 4 nitrogen and oxygen atoms in total. The van der Waals surface area contributed by atoms with E-state index in [9.17, 15) is 21.6 Å². The van der Waals surface area contributed by atoms with Crippen LogP contribution in [0.15, 0.2) is 46.7 Å². The highest BCUT2D eigenvalue weighted by molar-refractivity contribution is 7.92. The van der Waals surface area contributed by atoms with E-state index >= 15 is 0 Å². The number of hydrogen-bond acceptors (Lipinski definition) is 5. The number of nitrogens with zero attached hydrogens (tertiary/aromatic N) is 2. The number of benzene rings is 2. The third-order valence-electron chi connectivity index (χ3n) is 6.39. The lowest BCUT2D eigenvalue weighted by molar-refractivity contribution is -0.139. The van der Waals surface area contributed by atoms with Gasteiger partial charge in [0.25, 0.3) is 0 Å². The maximum atomic E-state index is 13.4. The monoisotopic (exact) mass is 508 g/mol. The fraction of sp³-hybridized carbons (Fsp3) is 0.400. The first-order valence-corrected chi connectivity index (χ1v) is 13.6. The van der Waals surface area contributed by atoms with Crippen molar-refractivity contribution in [3.05, 3.63) is 75.3 Å². The van der Waals surface area contributed by atoms with Gasteiger partial charge in [-0.15, -0.1) is 11.3 Å². The van der Waals surface area contributed by atoms with Crippen molar-refractivity contribution >= 4 is 26.3 Å². The topological polar surface area (TPSA) is 50.3 Å². The molecule has 0 unspecified atom stereocenters. The van der Waals surface area contributed by atoms with Gasteiger partial charge in [-0.2, -0.15) is 13.2 Å². The van der Waals surface area contributed by atoms with Gasteiger partial charge in [-0.05, 0) is 62.4 Å². The summed E-state index contributed by atoms with van der Waals surface area (Å²) in [5.41, 5.74) is 4.82. The van der Waals surface area contributed by atoms with E-state index in [2.05, 4.69) is 32.9 Å². The summed E-state index contributed by atoms with van der Waals surface area (Å²) in [5, 5.41) is 2.00. The second kappa shape index (κ2) is 9.34. The van der Waals surface area contributed by atoms with Crippen LogP contribution in [0.1, 0.15) is 46.4 Å². The van der Waals surface area contributed by atoms with E-state index in [-0.39, 0.29) is 12.8 Å². The van der Waals surface area contributed by atoms with Crippen molar-refractivity contribution in [2.45, 2.75) is 56.4 Å². The molecule has 1 saturated heterocycles. The Labute approximate surface area is 202 Å². The Bertz CT molecular complexity index is 1270. The largest absolute Gasteiger partial charge is 0.417 e. The minimum atomic E-state index is -4.71. The number of thiazole rings is 1. The second-order valence-corrected chi connectivity index (χ2v) is 11.9. The molecule has 1 aromatic heterocycles. The van der Waals surface area contributed by atoms with E-state index in [1.165, 1.54) is 45.7 Å². The van der Waals surface area contributed by atoms with Crippen LogP contribution in [-0.2, 0) is 22.4 Å². The molecule has 2 aromatic carbocycles. The molecular weight excluding hydrogens is 481 g/mol. The van der Waals surface area contributed by atoms with Gasteiger partial charge in [0.1, 0.15) is 0 Å². The Morgan fingerprint density at radius 2 is 1.68 bits per heavy atom. The summed E-state index contributed by atoms with van der Waals surface area (Å²) in [4.78, 5) is 6.18. The highest BCUT2D eigenvalue weighted by atomic mass is 32.2. The van der Waals surface area contributed by atoms with Crippen LogP contribution in [0, 0.1) is 20.8 Å². The van der Waals surface area contributed by atoms with E-state index in [0.29, 0.717) is 13.1 Å². The van der Waals surface area contributed by atoms with Crippen LogP contribution in [-0.4, -0.2) is 31.7 Å². The van der Waals surface area contributed by atoms with Gasteiger partial charge in [0.05, 0.1) is 21.4 Å². The first kappa shape index (κ1) is 24.7. The normalized spacial score (nSPS) is 15.6. The smallest absolute Gasteiger partial charge is 0.348 e. The summed E-state index contributed by atoms with van der Waals surface area (Å²) < 4.78 is 66.3. The SMILES string of the molecule is Cc1cc(C)c(Cc2csc(N3CCC(S(=O)(=O)c4ccccc4C(F)(F)F)CC3)n2)c(C)c1. The Morgan fingerprint density at radius 3 is 2.29 bits per heavy atom.